The summed E-state index contributed by atoms with van der Waals surface area (Å²) in [5.74, 6) is 0. The van der Waals surface area contributed by atoms with Crippen molar-refractivity contribution in [3.05, 3.63) is 29.8 Å². The van der Waals surface area contributed by atoms with Gasteiger partial charge in [0.1, 0.15) is 0 Å². The van der Waals surface area contributed by atoms with Crippen molar-refractivity contribution >= 4 is 5.69 Å². The highest BCUT2D eigenvalue weighted by molar-refractivity contribution is 5.49. The van der Waals surface area contributed by atoms with Gasteiger partial charge in [-0.05, 0) is 36.6 Å². The maximum absolute atomic E-state index is 2.50. The Hall–Kier alpha value is -1.02. The molecule has 2 rings (SSSR count). The molecule has 2 nitrogen and oxygen atoms in total. The van der Waals surface area contributed by atoms with E-state index in [2.05, 4.69) is 61.9 Å². The summed E-state index contributed by atoms with van der Waals surface area (Å²) < 4.78 is 0. The largest absolute Gasteiger partial charge is 0.369 e. The molecule has 1 aliphatic heterocycles. The van der Waals surface area contributed by atoms with Gasteiger partial charge in [0.05, 0.1) is 0 Å². The lowest BCUT2D eigenvalue weighted by atomic mass is 9.81. The first-order valence-corrected chi connectivity index (χ1v) is 7.57. The molecule has 0 unspecified atom stereocenters. The van der Waals surface area contributed by atoms with E-state index in [0.29, 0.717) is 5.41 Å². The van der Waals surface area contributed by atoms with Gasteiger partial charge in [0.2, 0.25) is 0 Å². The van der Waals surface area contributed by atoms with E-state index < -0.39 is 0 Å². The molecule has 19 heavy (non-hydrogen) atoms. The van der Waals surface area contributed by atoms with Crippen LogP contribution in [0.2, 0.25) is 0 Å². The summed E-state index contributed by atoms with van der Waals surface area (Å²) in [7, 11) is 2.20. The molecule has 0 bridgehead atoms. The molecule has 0 radical (unpaired) electrons. The molecule has 1 aromatic rings. The van der Waals surface area contributed by atoms with Crippen LogP contribution in [0.25, 0.3) is 0 Å². The zero-order valence-electron chi connectivity index (χ0n) is 12.9. The van der Waals surface area contributed by atoms with Crippen LogP contribution in [-0.4, -0.2) is 38.1 Å². The van der Waals surface area contributed by atoms with Gasteiger partial charge in [0.15, 0.2) is 0 Å². The van der Waals surface area contributed by atoms with Gasteiger partial charge in [0, 0.05) is 31.9 Å². The number of anilines is 1. The summed E-state index contributed by atoms with van der Waals surface area (Å²) in [6, 6.07) is 9.25. The number of hydrogen-bond donors (Lipinski definition) is 0. The third-order valence-electron chi connectivity index (χ3n) is 4.39. The second-order valence-corrected chi connectivity index (χ2v) is 6.47. The Bertz CT molecular complexity index is 386. The Balaban J connectivity index is 2.06. The molecule has 1 saturated heterocycles. The van der Waals surface area contributed by atoms with E-state index in [1.165, 1.54) is 37.2 Å². The number of likely N-dealkylation sites (N-methyl/N-ethyl adjacent to an activating group) is 1. The molecule has 1 heterocycles. The minimum Gasteiger partial charge on any atom is -0.369 e. The van der Waals surface area contributed by atoms with E-state index in [0.717, 1.165) is 13.1 Å². The van der Waals surface area contributed by atoms with Gasteiger partial charge in [-0.1, -0.05) is 39.3 Å². The predicted octanol–water partition coefficient (Wildman–Crippen LogP) is 3.52. The number of rotatable bonds is 4. The first-order valence-electron chi connectivity index (χ1n) is 7.57. The Morgan fingerprint density at radius 3 is 2.11 bits per heavy atom. The molecule has 0 saturated carbocycles. The van der Waals surface area contributed by atoms with E-state index in [9.17, 15) is 0 Å². The molecule has 1 fully saturated rings. The van der Waals surface area contributed by atoms with E-state index in [-0.39, 0.29) is 0 Å². The van der Waals surface area contributed by atoms with Crippen LogP contribution in [0.15, 0.2) is 24.3 Å². The standard InChI is InChI=1S/C17H28N2/c1-5-10-17(2,3)15-6-8-16(9-7-15)19-13-11-18(4)12-14-19/h6-9H,5,10-14H2,1-4H3. The highest BCUT2D eigenvalue weighted by atomic mass is 15.2. The average molecular weight is 260 g/mol. The van der Waals surface area contributed by atoms with Crippen LogP contribution in [0.1, 0.15) is 39.2 Å². The summed E-state index contributed by atoms with van der Waals surface area (Å²) in [5, 5.41) is 0. The van der Waals surface area contributed by atoms with Gasteiger partial charge in [-0.15, -0.1) is 0 Å². The maximum atomic E-state index is 2.50. The number of piperazine rings is 1. The molecule has 0 aromatic heterocycles. The van der Waals surface area contributed by atoms with Gasteiger partial charge in [-0.3, -0.25) is 0 Å². The lowest BCUT2D eigenvalue weighted by Gasteiger charge is -2.34. The van der Waals surface area contributed by atoms with Crippen LogP contribution >= 0.6 is 0 Å². The van der Waals surface area contributed by atoms with Crippen LogP contribution < -0.4 is 4.90 Å². The molecule has 1 aromatic carbocycles. The minimum atomic E-state index is 0.301. The fraction of sp³-hybridized carbons (Fsp3) is 0.647. The second kappa shape index (κ2) is 5.96. The van der Waals surface area contributed by atoms with Gasteiger partial charge in [0.25, 0.3) is 0 Å². The summed E-state index contributed by atoms with van der Waals surface area (Å²) in [4.78, 5) is 4.89. The molecule has 1 aliphatic rings. The molecule has 0 aliphatic carbocycles. The Morgan fingerprint density at radius 1 is 1.00 bits per heavy atom. The van der Waals surface area contributed by atoms with Crippen LogP contribution in [0.3, 0.4) is 0 Å². The first-order chi connectivity index (χ1) is 9.03. The molecule has 2 heteroatoms. The van der Waals surface area contributed by atoms with Gasteiger partial charge >= 0.3 is 0 Å². The quantitative estimate of drug-likeness (QED) is 0.817. The second-order valence-electron chi connectivity index (χ2n) is 6.47. The smallest absolute Gasteiger partial charge is 0.0367 e. The van der Waals surface area contributed by atoms with Crippen molar-refractivity contribution in [1.29, 1.82) is 0 Å². The average Bonchev–Trinajstić information content (AvgIpc) is 2.40. The van der Waals surface area contributed by atoms with Gasteiger partial charge in [-0.2, -0.15) is 0 Å². The van der Waals surface area contributed by atoms with Crippen LogP contribution in [-0.2, 0) is 5.41 Å². The van der Waals surface area contributed by atoms with Crippen LogP contribution in [0.5, 0.6) is 0 Å². The summed E-state index contributed by atoms with van der Waals surface area (Å²) in [6.45, 7) is 11.6. The normalized spacial score (nSPS) is 17.8. The third kappa shape index (κ3) is 3.50. The third-order valence-corrected chi connectivity index (χ3v) is 4.39. The first kappa shape index (κ1) is 14.4. The predicted molar refractivity (Wildman–Crippen MR) is 84.1 cm³/mol. The van der Waals surface area contributed by atoms with Crippen LogP contribution in [0, 0.1) is 0 Å². The summed E-state index contributed by atoms with van der Waals surface area (Å²) >= 11 is 0. The van der Waals surface area contributed by atoms with E-state index in [1.54, 1.807) is 0 Å². The topological polar surface area (TPSA) is 6.48 Å². The van der Waals surface area contributed by atoms with Gasteiger partial charge < -0.3 is 9.80 Å². The fourth-order valence-electron chi connectivity index (χ4n) is 2.96. The van der Waals surface area contributed by atoms with Gasteiger partial charge in [-0.25, -0.2) is 0 Å². The fourth-order valence-corrected chi connectivity index (χ4v) is 2.96. The summed E-state index contributed by atoms with van der Waals surface area (Å²) in [6.07, 6.45) is 2.49. The van der Waals surface area contributed by atoms with Crippen molar-refractivity contribution in [3.8, 4) is 0 Å². The monoisotopic (exact) mass is 260 g/mol. The molecular formula is C17H28N2. The van der Waals surface area contributed by atoms with Crippen molar-refractivity contribution in [2.24, 2.45) is 0 Å². The highest BCUT2D eigenvalue weighted by Gasteiger charge is 2.20. The maximum Gasteiger partial charge on any atom is 0.0367 e. The Morgan fingerprint density at radius 2 is 1.58 bits per heavy atom. The molecule has 0 spiro atoms. The summed E-state index contributed by atoms with van der Waals surface area (Å²) in [5.41, 5.74) is 3.14. The van der Waals surface area contributed by atoms with E-state index >= 15 is 0 Å². The SMILES string of the molecule is CCCC(C)(C)c1ccc(N2CCN(C)CC2)cc1. The van der Waals surface area contributed by atoms with Crippen molar-refractivity contribution in [2.75, 3.05) is 38.1 Å². The lowest BCUT2D eigenvalue weighted by Crippen LogP contribution is -2.44. The zero-order chi connectivity index (χ0) is 13.9. The zero-order valence-corrected chi connectivity index (χ0v) is 12.9. The van der Waals surface area contributed by atoms with E-state index in [4.69, 9.17) is 0 Å². The molecular weight excluding hydrogens is 232 g/mol. The van der Waals surface area contributed by atoms with Crippen molar-refractivity contribution in [1.82, 2.24) is 4.90 Å². The van der Waals surface area contributed by atoms with Crippen molar-refractivity contribution in [2.45, 2.75) is 39.0 Å². The Kier molecular flexibility index (Phi) is 4.51. The van der Waals surface area contributed by atoms with Crippen LogP contribution in [0.4, 0.5) is 5.69 Å². The Labute approximate surface area is 118 Å². The molecule has 0 amide bonds. The van der Waals surface area contributed by atoms with Crippen molar-refractivity contribution in [3.63, 3.8) is 0 Å². The van der Waals surface area contributed by atoms with E-state index in [1.807, 2.05) is 0 Å². The number of nitrogens with zero attached hydrogens (tertiary/aromatic N) is 2. The van der Waals surface area contributed by atoms with Crippen molar-refractivity contribution < 1.29 is 0 Å². The molecule has 0 N–H and O–H groups in total. The molecule has 0 atom stereocenters. The molecule has 106 valence electrons. The minimum absolute atomic E-state index is 0.301. The lowest BCUT2D eigenvalue weighted by molar-refractivity contribution is 0.313. The highest BCUT2D eigenvalue weighted by Crippen LogP contribution is 2.30. The number of benzene rings is 1. The number of hydrogen-bond acceptors (Lipinski definition) is 2.